The van der Waals surface area contributed by atoms with Crippen LogP contribution in [0.2, 0.25) is 0 Å². The molecular formula is C25H20FN7O. The number of halogens is 1. The molecule has 0 fully saturated rings. The molecule has 0 bridgehead atoms. The molecule has 34 heavy (non-hydrogen) atoms. The van der Waals surface area contributed by atoms with Gasteiger partial charge in [0.25, 0.3) is 0 Å². The second-order valence-corrected chi connectivity index (χ2v) is 8.10. The van der Waals surface area contributed by atoms with Gasteiger partial charge in [-0.2, -0.15) is 5.10 Å². The summed E-state index contributed by atoms with van der Waals surface area (Å²) in [6.45, 7) is 1.95. The third-order valence-electron chi connectivity index (χ3n) is 6.10. The molecule has 0 radical (unpaired) electrons. The number of rotatable bonds is 4. The van der Waals surface area contributed by atoms with Crippen molar-refractivity contribution in [1.82, 2.24) is 34.7 Å². The number of aromatic nitrogens is 7. The fraction of sp³-hybridized carbons (Fsp3) is 0.120. The highest BCUT2D eigenvalue weighted by atomic mass is 19.1. The van der Waals surface area contributed by atoms with Gasteiger partial charge in [0.2, 0.25) is 0 Å². The first kappa shape index (κ1) is 20.1. The molecule has 5 aromatic heterocycles. The van der Waals surface area contributed by atoms with Gasteiger partial charge in [-0.3, -0.25) is 5.10 Å². The molecule has 6 aromatic rings. The smallest absolute Gasteiger partial charge is 0.138 e. The lowest BCUT2D eigenvalue weighted by molar-refractivity contribution is 0.411. The molecule has 168 valence electrons. The van der Waals surface area contributed by atoms with Gasteiger partial charge >= 0.3 is 0 Å². The minimum atomic E-state index is -0.365. The van der Waals surface area contributed by atoms with Crippen LogP contribution in [-0.4, -0.2) is 41.8 Å². The molecule has 0 atom stereocenters. The monoisotopic (exact) mass is 453 g/mol. The maximum Gasteiger partial charge on any atom is 0.138 e. The number of nitrogens with zero attached hydrogens (tertiary/aromatic N) is 5. The average Bonchev–Trinajstić information content (AvgIpc) is 3.54. The Morgan fingerprint density at radius 3 is 2.74 bits per heavy atom. The van der Waals surface area contributed by atoms with Gasteiger partial charge in [-0.05, 0) is 54.4 Å². The molecule has 0 aliphatic carbocycles. The van der Waals surface area contributed by atoms with Crippen molar-refractivity contribution in [2.24, 2.45) is 7.05 Å². The third-order valence-corrected chi connectivity index (χ3v) is 6.10. The van der Waals surface area contributed by atoms with Crippen LogP contribution in [0.3, 0.4) is 0 Å². The van der Waals surface area contributed by atoms with Crippen LogP contribution in [0.25, 0.3) is 56.0 Å². The van der Waals surface area contributed by atoms with Crippen molar-refractivity contribution in [1.29, 1.82) is 0 Å². The van der Waals surface area contributed by atoms with Crippen LogP contribution in [0.4, 0.5) is 4.39 Å². The summed E-state index contributed by atoms with van der Waals surface area (Å²) in [6.07, 6.45) is 3.51. The Morgan fingerprint density at radius 2 is 1.94 bits per heavy atom. The molecule has 0 aliphatic rings. The summed E-state index contributed by atoms with van der Waals surface area (Å²) in [4.78, 5) is 17.1. The number of hydrogen-bond donors (Lipinski definition) is 2. The second kappa shape index (κ2) is 7.51. The molecule has 0 saturated carbocycles. The molecular weight excluding hydrogens is 433 g/mol. The number of nitrogens with one attached hydrogen (secondary N) is 2. The van der Waals surface area contributed by atoms with Crippen molar-refractivity contribution < 1.29 is 9.13 Å². The zero-order valence-corrected chi connectivity index (χ0v) is 18.7. The van der Waals surface area contributed by atoms with Gasteiger partial charge in [0.05, 0.1) is 35.9 Å². The Balaban J connectivity index is 1.50. The first-order valence-electron chi connectivity index (χ1n) is 10.7. The predicted molar refractivity (Wildman–Crippen MR) is 128 cm³/mol. The third kappa shape index (κ3) is 3.13. The molecule has 0 aliphatic heterocycles. The summed E-state index contributed by atoms with van der Waals surface area (Å²) in [7, 11) is 3.48. The number of imidazole rings is 1. The van der Waals surface area contributed by atoms with E-state index in [2.05, 4.69) is 25.1 Å². The van der Waals surface area contributed by atoms with Gasteiger partial charge in [0.1, 0.15) is 34.2 Å². The molecule has 0 spiro atoms. The quantitative estimate of drug-likeness (QED) is 0.390. The fourth-order valence-electron chi connectivity index (χ4n) is 4.21. The molecule has 9 heteroatoms. The SMILES string of the molecule is COc1cc(F)cc(-c2ccnc3[nH]c(-c4n[nH]c5ccc(-c6cnc(C)n6C)nc45)cc23)c1. The van der Waals surface area contributed by atoms with E-state index in [4.69, 9.17) is 9.72 Å². The van der Waals surface area contributed by atoms with Crippen molar-refractivity contribution in [2.45, 2.75) is 6.92 Å². The van der Waals surface area contributed by atoms with Crippen LogP contribution in [0.15, 0.2) is 54.9 Å². The van der Waals surface area contributed by atoms with E-state index >= 15 is 0 Å². The Bertz CT molecular complexity index is 1690. The number of H-pyrrole nitrogens is 2. The Hall–Kier alpha value is -4.53. The zero-order chi connectivity index (χ0) is 23.4. The largest absolute Gasteiger partial charge is 0.497 e. The molecule has 2 N–H and O–H groups in total. The van der Waals surface area contributed by atoms with Crippen LogP contribution in [0.1, 0.15) is 5.82 Å². The average molecular weight is 453 g/mol. The van der Waals surface area contributed by atoms with Crippen LogP contribution in [0.5, 0.6) is 5.75 Å². The lowest BCUT2D eigenvalue weighted by Crippen LogP contribution is -1.96. The summed E-state index contributed by atoms with van der Waals surface area (Å²) in [6, 6.07) is 12.4. The Labute approximate surface area is 193 Å². The van der Waals surface area contributed by atoms with E-state index in [1.807, 2.05) is 49.0 Å². The van der Waals surface area contributed by atoms with Gasteiger partial charge in [-0.25, -0.2) is 19.3 Å². The molecule has 1 aromatic carbocycles. The zero-order valence-electron chi connectivity index (χ0n) is 18.7. The van der Waals surface area contributed by atoms with E-state index in [9.17, 15) is 4.39 Å². The maximum absolute atomic E-state index is 14.2. The number of ether oxygens (including phenoxy) is 1. The number of aromatic amines is 2. The van der Waals surface area contributed by atoms with Gasteiger partial charge in [-0.15, -0.1) is 0 Å². The summed E-state index contributed by atoms with van der Waals surface area (Å²) < 4.78 is 21.4. The van der Waals surface area contributed by atoms with Crippen LogP contribution in [0, 0.1) is 12.7 Å². The van der Waals surface area contributed by atoms with Crippen molar-refractivity contribution in [3.8, 4) is 39.7 Å². The van der Waals surface area contributed by atoms with Crippen molar-refractivity contribution >= 4 is 22.1 Å². The molecule has 0 unspecified atom stereocenters. The number of hydrogen-bond acceptors (Lipinski definition) is 5. The number of fused-ring (bicyclic) bond motifs is 2. The molecule has 0 saturated heterocycles. The second-order valence-electron chi connectivity index (χ2n) is 8.10. The van der Waals surface area contributed by atoms with E-state index in [0.29, 0.717) is 22.7 Å². The number of pyridine rings is 2. The van der Waals surface area contributed by atoms with Crippen molar-refractivity contribution in [3.63, 3.8) is 0 Å². The molecule has 0 amide bonds. The minimum absolute atomic E-state index is 0.365. The van der Waals surface area contributed by atoms with E-state index in [1.54, 1.807) is 12.3 Å². The van der Waals surface area contributed by atoms with Gasteiger partial charge in [0.15, 0.2) is 0 Å². The highest BCUT2D eigenvalue weighted by Crippen LogP contribution is 2.34. The van der Waals surface area contributed by atoms with E-state index in [1.165, 1.54) is 19.2 Å². The number of benzene rings is 1. The number of methoxy groups -OCH3 is 1. The maximum atomic E-state index is 14.2. The van der Waals surface area contributed by atoms with Crippen molar-refractivity contribution in [2.75, 3.05) is 7.11 Å². The topological polar surface area (TPSA) is 97.3 Å². The van der Waals surface area contributed by atoms with Crippen LogP contribution < -0.4 is 4.74 Å². The predicted octanol–water partition coefficient (Wildman–Crippen LogP) is 5.02. The highest BCUT2D eigenvalue weighted by molar-refractivity contribution is 5.99. The van der Waals surface area contributed by atoms with Crippen molar-refractivity contribution in [3.05, 3.63) is 66.5 Å². The van der Waals surface area contributed by atoms with E-state index in [-0.39, 0.29) is 5.82 Å². The molecule has 8 nitrogen and oxygen atoms in total. The Kier molecular flexibility index (Phi) is 4.44. The van der Waals surface area contributed by atoms with E-state index < -0.39 is 0 Å². The van der Waals surface area contributed by atoms with Crippen LogP contribution in [-0.2, 0) is 7.05 Å². The highest BCUT2D eigenvalue weighted by Gasteiger charge is 2.17. The standard InChI is InChI=1S/C25H20FN7O/c1-13-28-12-22(33(13)2)19-4-5-20-23(29-19)24(32-31-20)21-11-18-17(6-7-27-25(18)30-21)14-8-15(26)10-16(9-14)34-3/h4-12H,1-3H3,(H,27,30)(H,31,32). The normalized spacial score (nSPS) is 11.5. The number of aryl methyl sites for hydroxylation is 1. The summed E-state index contributed by atoms with van der Waals surface area (Å²) in [5.74, 6) is 0.999. The lowest BCUT2D eigenvalue weighted by atomic mass is 10.0. The lowest BCUT2D eigenvalue weighted by Gasteiger charge is -2.06. The first-order chi connectivity index (χ1) is 16.5. The fourth-order valence-corrected chi connectivity index (χ4v) is 4.21. The van der Waals surface area contributed by atoms with Gasteiger partial charge < -0.3 is 14.3 Å². The van der Waals surface area contributed by atoms with Gasteiger partial charge in [0, 0.05) is 24.7 Å². The van der Waals surface area contributed by atoms with Crippen LogP contribution >= 0.6 is 0 Å². The first-order valence-corrected chi connectivity index (χ1v) is 10.7. The molecule has 6 rings (SSSR count). The minimum Gasteiger partial charge on any atom is -0.497 e. The summed E-state index contributed by atoms with van der Waals surface area (Å²) >= 11 is 0. The molecule has 5 heterocycles. The summed E-state index contributed by atoms with van der Waals surface area (Å²) in [5.41, 5.74) is 6.93. The van der Waals surface area contributed by atoms with Gasteiger partial charge in [-0.1, -0.05) is 0 Å². The summed E-state index contributed by atoms with van der Waals surface area (Å²) in [5, 5.41) is 8.42. The Morgan fingerprint density at radius 1 is 1.06 bits per heavy atom. The van der Waals surface area contributed by atoms with E-state index in [0.717, 1.165) is 44.9 Å².